The van der Waals surface area contributed by atoms with E-state index in [4.69, 9.17) is 10.2 Å². The third kappa shape index (κ3) is 3.85. The minimum atomic E-state index is -0.0980. The summed E-state index contributed by atoms with van der Waals surface area (Å²) in [6.45, 7) is 2.42. The average Bonchev–Trinajstić information content (AvgIpc) is 2.92. The Labute approximate surface area is 141 Å². The highest BCUT2D eigenvalue weighted by Crippen LogP contribution is 2.19. The van der Waals surface area contributed by atoms with E-state index in [-0.39, 0.29) is 18.3 Å². The summed E-state index contributed by atoms with van der Waals surface area (Å²) in [6.07, 6.45) is 0.661. The molecule has 0 aliphatic heterocycles. The number of para-hydroxylation sites is 1. The van der Waals surface area contributed by atoms with Gasteiger partial charge < -0.3 is 15.5 Å². The fourth-order valence-corrected chi connectivity index (χ4v) is 2.38. The minimum absolute atomic E-state index is 0. The lowest BCUT2D eigenvalue weighted by Gasteiger charge is -2.06. The van der Waals surface area contributed by atoms with Crippen LogP contribution in [-0.4, -0.2) is 12.5 Å². The van der Waals surface area contributed by atoms with E-state index in [1.54, 1.807) is 18.2 Å². The van der Waals surface area contributed by atoms with Crippen LogP contribution in [0.2, 0.25) is 0 Å². The molecular weight excluding hydrogens is 312 g/mol. The first-order chi connectivity index (χ1) is 10.6. The van der Waals surface area contributed by atoms with Gasteiger partial charge in [-0.2, -0.15) is 0 Å². The van der Waals surface area contributed by atoms with Gasteiger partial charge in [0.05, 0.1) is 0 Å². The van der Waals surface area contributed by atoms with Crippen LogP contribution in [0.5, 0.6) is 0 Å². The van der Waals surface area contributed by atoms with E-state index in [1.165, 1.54) is 0 Å². The van der Waals surface area contributed by atoms with Gasteiger partial charge in [-0.25, -0.2) is 0 Å². The Morgan fingerprint density at radius 2 is 1.96 bits per heavy atom. The summed E-state index contributed by atoms with van der Waals surface area (Å²) in [5.74, 6) is 0.772. The number of anilines is 1. The molecule has 0 radical (unpaired) electrons. The summed E-state index contributed by atoms with van der Waals surface area (Å²) >= 11 is 0. The molecule has 0 saturated carbocycles. The summed E-state index contributed by atoms with van der Waals surface area (Å²) in [5.41, 5.74) is 8.85. The van der Waals surface area contributed by atoms with Gasteiger partial charge in [-0.3, -0.25) is 4.79 Å². The molecule has 1 amide bonds. The zero-order valence-corrected chi connectivity index (χ0v) is 13.7. The predicted molar refractivity (Wildman–Crippen MR) is 95.1 cm³/mol. The van der Waals surface area contributed by atoms with E-state index in [1.807, 2.05) is 37.3 Å². The third-order valence-electron chi connectivity index (χ3n) is 3.67. The fraction of sp³-hybridized carbons (Fsp3) is 0.167. The van der Waals surface area contributed by atoms with Crippen LogP contribution in [0.1, 0.15) is 21.7 Å². The van der Waals surface area contributed by atoms with Crippen molar-refractivity contribution in [2.45, 2.75) is 13.3 Å². The number of fused-ring (bicyclic) bond motifs is 1. The second kappa shape index (κ2) is 7.20. The number of carbonyl (C=O) groups excluding carboxylic acids is 1. The number of aryl methyl sites for hydroxylation is 1. The standard InChI is InChI=1S/C18H18N2O2.ClH/c1-12-10-14(6-7-16(12)19)18(21)20-9-8-15-11-13-4-2-3-5-17(13)22-15;/h2-7,10-11H,8-9,19H2,1H3,(H,20,21);1H. The molecule has 3 rings (SSSR count). The molecular formula is C18H19ClN2O2. The summed E-state index contributed by atoms with van der Waals surface area (Å²) in [7, 11) is 0. The second-order valence-corrected chi connectivity index (χ2v) is 5.33. The van der Waals surface area contributed by atoms with Gasteiger partial charge in [0.25, 0.3) is 5.91 Å². The van der Waals surface area contributed by atoms with Crippen molar-refractivity contribution in [3.63, 3.8) is 0 Å². The maximum atomic E-state index is 12.1. The third-order valence-corrected chi connectivity index (χ3v) is 3.67. The molecule has 2 aromatic carbocycles. The number of furan rings is 1. The van der Waals surface area contributed by atoms with Crippen LogP contribution in [0.3, 0.4) is 0 Å². The van der Waals surface area contributed by atoms with Gasteiger partial charge in [-0.05, 0) is 42.8 Å². The molecule has 3 N–H and O–H groups in total. The monoisotopic (exact) mass is 330 g/mol. The Bertz CT molecular complexity index is 794. The van der Waals surface area contributed by atoms with Gasteiger partial charge in [-0.15, -0.1) is 12.4 Å². The fourth-order valence-electron chi connectivity index (χ4n) is 2.38. The number of halogens is 1. The van der Waals surface area contributed by atoms with Crippen LogP contribution >= 0.6 is 12.4 Å². The molecule has 0 spiro atoms. The zero-order chi connectivity index (χ0) is 15.5. The molecule has 120 valence electrons. The first-order valence-corrected chi connectivity index (χ1v) is 7.25. The molecule has 1 heterocycles. The molecule has 4 nitrogen and oxygen atoms in total. The molecule has 0 atom stereocenters. The summed E-state index contributed by atoms with van der Waals surface area (Å²) < 4.78 is 5.72. The SMILES string of the molecule is Cc1cc(C(=O)NCCc2cc3ccccc3o2)ccc1N.Cl. The highest BCUT2D eigenvalue weighted by molar-refractivity contribution is 5.94. The van der Waals surface area contributed by atoms with E-state index in [0.717, 1.165) is 22.3 Å². The number of nitrogens with one attached hydrogen (secondary N) is 1. The Morgan fingerprint density at radius 1 is 1.17 bits per heavy atom. The van der Waals surface area contributed by atoms with Crippen molar-refractivity contribution >= 4 is 35.0 Å². The molecule has 0 aliphatic carbocycles. The maximum absolute atomic E-state index is 12.1. The van der Waals surface area contributed by atoms with Crippen molar-refractivity contribution in [1.82, 2.24) is 5.32 Å². The maximum Gasteiger partial charge on any atom is 0.251 e. The van der Waals surface area contributed by atoms with E-state index in [9.17, 15) is 4.79 Å². The number of benzene rings is 2. The molecule has 0 saturated heterocycles. The van der Waals surface area contributed by atoms with E-state index < -0.39 is 0 Å². The zero-order valence-electron chi connectivity index (χ0n) is 12.8. The van der Waals surface area contributed by atoms with Gasteiger partial charge in [0.2, 0.25) is 0 Å². The molecule has 1 aromatic heterocycles. The first-order valence-electron chi connectivity index (χ1n) is 7.25. The Morgan fingerprint density at radius 3 is 2.70 bits per heavy atom. The molecule has 0 fully saturated rings. The topological polar surface area (TPSA) is 68.3 Å². The summed E-state index contributed by atoms with van der Waals surface area (Å²) in [4.78, 5) is 12.1. The lowest BCUT2D eigenvalue weighted by atomic mass is 10.1. The Hall–Kier alpha value is -2.46. The highest BCUT2D eigenvalue weighted by Gasteiger charge is 2.08. The van der Waals surface area contributed by atoms with Gasteiger partial charge in [0.15, 0.2) is 0 Å². The normalized spacial score (nSPS) is 10.3. The Balaban J connectivity index is 0.00000192. The lowest BCUT2D eigenvalue weighted by molar-refractivity contribution is 0.0953. The quantitative estimate of drug-likeness (QED) is 0.716. The predicted octanol–water partition coefficient (Wildman–Crippen LogP) is 3.72. The molecule has 0 unspecified atom stereocenters. The van der Waals surface area contributed by atoms with Crippen molar-refractivity contribution in [3.05, 3.63) is 65.4 Å². The average molecular weight is 331 g/mol. The number of nitrogen functional groups attached to an aromatic ring is 1. The summed E-state index contributed by atoms with van der Waals surface area (Å²) in [5, 5.41) is 3.98. The van der Waals surface area contributed by atoms with Crippen LogP contribution in [0, 0.1) is 6.92 Å². The number of amides is 1. The molecule has 0 bridgehead atoms. The van der Waals surface area contributed by atoms with Gasteiger partial charge in [-0.1, -0.05) is 18.2 Å². The largest absolute Gasteiger partial charge is 0.461 e. The lowest BCUT2D eigenvalue weighted by Crippen LogP contribution is -2.25. The minimum Gasteiger partial charge on any atom is -0.461 e. The van der Waals surface area contributed by atoms with Gasteiger partial charge >= 0.3 is 0 Å². The van der Waals surface area contributed by atoms with Gasteiger partial charge in [0.1, 0.15) is 11.3 Å². The number of carbonyl (C=O) groups is 1. The van der Waals surface area contributed by atoms with Crippen molar-refractivity contribution in [2.24, 2.45) is 0 Å². The smallest absolute Gasteiger partial charge is 0.251 e. The van der Waals surface area contributed by atoms with E-state index >= 15 is 0 Å². The first kappa shape index (κ1) is 16.9. The van der Waals surface area contributed by atoms with Crippen LogP contribution in [0.4, 0.5) is 5.69 Å². The van der Waals surface area contributed by atoms with Crippen molar-refractivity contribution in [3.8, 4) is 0 Å². The second-order valence-electron chi connectivity index (χ2n) is 5.33. The van der Waals surface area contributed by atoms with Crippen molar-refractivity contribution < 1.29 is 9.21 Å². The van der Waals surface area contributed by atoms with Crippen LogP contribution in [0.15, 0.2) is 52.9 Å². The van der Waals surface area contributed by atoms with Crippen LogP contribution in [0.25, 0.3) is 11.0 Å². The number of hydrogen-bond donors (Lipinski definition) is 2. The number of rotatable bonds is 4. The molecule has 3 aromatic rings. The molecule has 5 heteroatoms. The van der Waals surface area contributed by atoms with Crippen molar-refractivity contribution in [1.29, 1.82) is 0 Å². The highest BCUT2D eigenvalue weighted by atomic mass is 35.5. The summed E-state index contributed by atoms with van der Waals surface area (Å²) in [6, 6.07) is 15.2. The molecule has 23 heavy (non-hydrogen) atoms. The van der Waals surface area contributed by atoms with Gasteiger partial charge in [0, 0.05) is 29.6 Å². The van der Waals surface area contributed by atoms with E-state index in [2.05, 4.69) is 5.32 Å². The Kier molecular flexibility index (Phi) is 5.29. The number of nitrogens with two attached hydrogens (primary N) is 1. The number of hydrogen-bond acceptors (Lipinski definition) is 3. The van der Waals surface area contributed by atoms with E-state index in [0.29, 0.717) is 24.2 Å². The van der Waals surface area contributed by atoms with Crippen LogP contribution in [-0.2, 0) is 6.42 Å². The van der Waals surface area contributed by atoms with Crippen molar-refractivity contribution in [2.75, 3.05) is 12.3 Å². The molecule has 0 aliphatic rings. The van der Waals surface area contributed by atoms with Crippen LogP contribution < -0.4 is 11.1 Å².